The predicted molar refractivity (Wildman–Crippen MR) is 44.1 cm³/mol. The number of rotatable bonds is 2. The number of nitrogens with zero attached hydrogens (tertiary/aromatic N) is 1. The molecule has 1 rings (SSSR count). The summed E-state index contributed by atoms with van der Waals surface area (Å²) in [7, 11) is 0. The van der Waals surface area contributed by atoms with Gasteiger partial charge in [0, 0.05) is 6.54 Å². The van der Waals surface area contributed by atoms with Crippen molar-refractivity contribution in [3.8, 4) is 0 Å². The van der Waals surface area contributed by atoms with Gasteiger partial charge in [-0.25, -0.2) is 0 Å². The smallest absolute Gasteiger partial charge is 0.239 e. The SMILES string of the molecule is CC(N)C(=O)N1CCCC1[C]=O. The summed E-state index contributed by atoms with van der Waals surface area (Å²) in [6.45, 7) is 2.27. The van der Waals surface area contributed by atoms with Crippen LogP contribution in [0.4, 0.5) is 0 Å². The topological polar surface area (TPSA) is 63.4 Å². The molecular weight excluding hydrogens is 156 g/mol. The lowest BCUT2D eigenvalue weighted by Crippen LogP contribution is -2.45. The zero-order chi connectivity index (χ0) is 9.14. The van der Waals surface area contributed by atoms with Gasteiger partial charge in [0.05, 0.1) is 12.1 Å². The van der Waals surface area contributed by atoms with Gasteiger partial charge < -0.3 is 10.6 Å². The standard InChI is InChI=1S/C8H13N2O2/c1-6(9)8(12)10-4-2-3-7(10)5-11/h6-7H,2-4,9H2,1H3. The first-order valence-corrected chi connectivity index (χ1v) is 4.10. The molecule has 1 aliphatic rings. The van der Waals surface area contributed by atoms with Crippen LogP contribution in [0.15, 0.2) is 0 Å². The van der Waals surface area contributed by atoms with Gasteiger partial charge in [-0.2, -0.15) is 0 Å². The molecule has 0 saturated carbocycles. The minimum Gasteiger partial charge on any atom is -0.331 e. The van der Waals surface area contributed by atoms with E-state index in [-0.39, 0.29) is 11.9 Å². The van der Waals surface area contributed by atoms with Gasteiger partial charge in [-0.15, -0.1) is 0 Å². The van der Waals surface area contributed by atoms with Gasteiger partial charge in [-0.1, -0.05) is 0 Å². The zero-order valence-corrected chi connectivity index (χ0v) is 7.12. The summed E-state index contributed by atoms with van der Waals surface area (Å²) in [5.74, 6) is -0.152. The Morgan fingerprint density at radius 1 is 1.75 bits per heavy atom. The molecule has 1 heterocycles. The second-order valence-electron chi connectivity index (χ2n) is 3.10. The van der Waals surface area contributed by atoms with Crippen LogP contribution in [0.2, 0.25) is 0 Å². The Balaban J connectivity index is 2.61. The van der Waals surface area contributed by atoms with E-state index in [4.69, 9.17) is 5.73 Å². The van der Waals surface area contributed by atoms with Crippen LogP contribution >= 0.6 is 0 Å². The molecule has 67 valence electrons. The average molecular weight is 169 g/mol. The van der Waals surface area contributed by atoms with Crippen molar-refractivity contribution < 1.29 is 9.59 Å². The van der Waals surface area contributed by atoms with Gasteiger partial charge in [-0.3, -0.25) is 9.59 Å². The van der Waals surface area contributed by atoms with E-state index in [1.54, 1.807) is 6.92 Å². The third-order valence-corrected chi connectivity index (χ3v) is 2.06. The summed E-state index contributed by atoms with van der Waals surface area (Å²) < 4.78 is 0. The van der Waals surface area contributed by atoms with Gasteiger partial charge in [0.2, 0.25) is 12.2 Å². The second kappa shape index (κ2) is 3.67. The fourth-order valence-corrected chi connectivity index (χ4v) is 1.41. The van der Waals surface area contributed by atoms with E-state index in [0.29, 0.717) is 6.54 Å². The highest BCUT2D eigenvalue weighted by molar-refractivity contribution is 5.84. The van der Waals surface area contributed by atoms with Crippen molar-refractivity contribution >= 4 is 12.2 Å². The molecule has 12 heavy (non-hydrogen) atoms. The monoisotopic (exact) mass is 169 g/mol. The van der Waals surface area contributed by atoms with Crippen molar-refractivity contribution in [2.75, 3.05) is 6.54 Å². The zero-order valence-electron chi connectivity index (χ0n) is 7.12. The van der Waals surface area contributed by atoms with Crippen LogP contribution in [0.5, 0.6) is 0 Å². The molecule has 2 atom stereocenters. The number of nitrogens with two attached hydrogens (primary N) is 1. The molecule has 4 heteroatoms. The molecule has 4 nitrogen and oxygen atoms in total. The van der Waals surface area contributed by atoms with E-state index in [0.717, 1.165) is 12.8 Å². The number of hydrogen-bond donors (Lipinski definition) is 1. The number of amides is 1. The normalized spacial score (nSPS) is 25.5. The van der Waals surface area contributed by atoms with Gasteiger partial charge in [-0.05, 0) is 19.8 Å². The summed E-state index contributed by atoms with van der Waals surface area (Å²) in [5.41, 5.74) is 5.41. The highest BCUT2D eigenvalue weighted by Gasteiger charge is 2.30. The predicted octanol–water partition coefficient (Wildman–Crippen LogP) is -0.566. The van der Waals surface area contributed by atoms with Crippen LogP contribution in [0.1, 0.15) is 19.8 Å². The van der Waals surface area contributed by atoms with Gasteiger partial charge >= 0.3 is 0 Å². The number of carbonyl (C=O) groups excluding carboxylic acids is 2. The Kier molecular flexibility index (Phi) is 2.81. The fourth-order valence-electron chi connectivity index (χ4n) is 1.41. The van der Waals surface area contributed by atoms with Crippen molar-refractivity contribution in [2.24, 2.45) is 5.73 Å². The molecule has 2 N–H and O–H groups in total. The van der Waals surface area contributed by atoms with Crippen LogP contribution in [0.3, 0.4) is 0 Å². The third-order valence-electron chi connectivity index (χ3n) is 2.06. The maximum atomic E-state index is 11.3. The van der Waals surface area contributed by atoms with E-state index < -0.39 is 6.04 Å². The Hall–Kier alpha value is -0.900. The van der Waals surface area contributed by atoms with Crippen LogP contribution in [-0.4, -0.2) is 35.7 Å². The first kappa shape index (κ1) is 9.19. The van der Waals surface area contributed by atoms with Gasteiger partial charge in [0.25, 0.3) is 0 Å². The minimum atomic E-state index is -0.515. The lowest BCUT2D eigenvalue weighted by Gasteiger charge is -2.21. The largest absolute Gasteiger partial charge is 0.331 e. The molecule has 1 amide bonds. The molecule has 0 spiro atoms. The second-order valence-corrected chi connectivity index (χ2v) is 3.10. The van der Waals surface area contributed by atoms with E-state index in [1.165, 1.54) is 4.90 Å². The third kappa shape index (κ3) is 1.64. The quantitative estimate of drug-likeness (QED) is 0.602. The summed E-state index contributed by atoms with van der Waals surface area (Å²) in [6, 6.07) is -0.873. The highest BCUT2D eigenvalue weighted by atomic mass is 16.2. The Morgan fingerprint density at radius 3 is 2.92 bits per heavy atom. The van der Waals surface area contributed by atoms with Gasteiger partial charge in [0.15, 0.2) is 0 Å². The lowest BCUT2D eigenvalue weighted by molar-refractivity contribution is -0.131. The number of likely N-dealkylation sites (tertiary alicyclic amines) is 1. The molecule has 0 bridgehead atoms. The Labute approximate surface area is 71.7 Å². The van der Waals surface area contributed by atoms with Crippen molar-refractivity contribution in [1.29, 1.82) is 0 Å². The number of carbonyl (C=O) groups is 1. The summed E-state index contributed by atoms with van der Waals surface area (Å²) in [4.78, 5) is 23.2. The molecule has 1 fully saturated rings. The van der Waals surface area contributed by atoms with Crippen LogP contribution < -0.4 is 5.73 Å². The molecule has 2 unspecified atom stereocenters. The molecule has 0 aromatic heterocycles. The molecule has 1 aliphatic heterocycles. The highest BCUT2D eigenvalue weighted by Crippen LogP contribution is 2.15. The van der Waals surface area contributed by atoms with Crippen molar-refractivity contribution in [3.05, 3.63) is 0 Å². The molecule has 0 aromatic carbocycles. The van der Waals surface area contributed by atoms with E-state index >= 15 is 0 Å². The first-order valence-electron chi connectivity index (χ1n) is 4.10. The van der Waals surface area contributed by atoms with E-state index in [2.05, 4.69) is 0 Å². The Bertz CT molecular complexity index is 191. The molecule has 1 saturated heterocycles. The lowest BCUT2D eigenvalue weighted by atomic mass is 10.2. The summed E-state index contributed by atoms with van der Waals surface area (Å²) in [5, 5.41) is 0. The van der Waals surface area contributed by atoms with Crippen LogP contribution in [0, 0.1) is 0 Å². The van der Waals surface area contributed by atoms with Crippen LogP contribution in [0.25, 0.3) is 0 Å². The Morgan fingerprint density at radius 2 is 2.42 bits per heavy atom. The molecular formula is C8H13N2O2. The summed E-state index contributed by atoms with van der Waals surface area (Å²) >= 11 is 0. The van der Waals surface area contributed by atoms with Crippen LogP contribution in [-0.2, 0) is 9.59 Å². The molecule has 0 aliphatic carbocycles. The maximum Gasteiger partial charge on any atom is 0.239 e. The number of hydrogen-bond acceptors (Lipinski definition) is 3. The first-order chi connectivity index (χ1) is 5.66. The maximum absolute atomic E-state index is 11.3. The van der Waals surface area contributed by atoms with Crippen molar-refractivity contribution in [3.63, 3.8) is 0 Å². The minimum absolute atomic E-state index is 0.152. The van der Waals surface area contributed by atoms with E-state index in [9.17, 15) is 9.59 Å². The average Bonchev–Trinajstić information content (AvgIpc) is 2.49. The fraction of sp³-hybridized carbons (Fsp3) is 0.750. The molecule has 0 aromatic rings. The van der Waals surface area contributed by atoms with E-state index in [1.807, 2.05) is 6.29 Å². The van der Waals surface area contributed by atoms with Crippen molar-refractivity contribution in [2.45, 2.75) is 31.8 Å². The molecule has 1 radical (unpaired) electrons. The summed E-state index contributed by atoms with van der Waals surface area (Å²) in [6.07, 6.45) is 3.45. The van der Waals surface area contributed by atoms with Crippen molar-refractivity contribution in [1.82, 2.24) is 4.90 Å². The van der Waals surface area contributed by atoms with Gasteiger partial charge in [0.1, 0.15) is 0 Å².